The van der Waals surface area contributed by atoms with E-state index in [1.807, 2.05) is 54.6 Å². The number of nitrogens with two attached hydrogens (primary N) is 1. The van der Waals surface area contributed by atoms with Crippen LogP contribution in [0.15, 0.2) is 59.5 Å². The summed E-state index contributed by atoms with van der Waals surface area (Å²) >= 11 is 1.64. The van der Waals surface area contributed by atoms with E-state index in [0.29, 0.717) is 6.42 Å². The molecule has 92 valence electrons. The van der Waals surface area contributed by atoms with Crippen LogP contribution < -0.4 is 5.73 Å². The molecule has 1 atom stereocenters. The molecule has 2 aromatic carbocycles. The quantitative estimate of drug-likeness (QED) is 0.504. The van der Waals surface area contributed by atoms with Crippen molar-refractivity contribution in [2.75, 3.05) is 5.73 Å². The van der Waals surface area contributed by atoms with Crippen LogP contribution in [0.4, 0.5) is 5.69 Å². The van der Waals surface area contributed by atoms with E-state index in [9.17, 15) is 4.79 Å². The Hall–Kier alpha value is -1.74. The van der Waals surface area contributed by atoms with Crippen molar-refractivity contribution in [3.05, 3.63) is 60.2 Å². The van der Waals surface area contributed by atoms with Crippen molar-refractivity contribution in [2.24, 2.45) is 0 Å². The van der Waals surface area contributed by atoms with E-state index < -0.39 is 0 Å². The Morgan fingerprint density at radius 3 is 2.39 bits per heavy atom. The van der Waals surface area contributed by atoms with E-state index in [1.54, 1.807) is 11.8 Å². The molecule has 0 aliphatic heterocycles. The Kier molecular flexibility index (Phi) is 4.42. The maximum atomic E-state index is 10.8. The Morgan fingerprint density at radius 2 is 1.72 bits per heavy atom. The minimum absolute atomic E-state index is 0.119. The van der Waals surface area contributed by atoms with E-state index in [2.05, 4.69) is 0 Å². The molecular formula is C15H15NOS. The molecule has 0 heterocycles. The lowest BCUT2D eigenvalue weighted by Crippen LogP contribution is -1.96. The summed E-state index contributed by atoms with van der Waals surface area (Å²) in [6.07, 6.45) is 1.45. The molecule has 2 N–H and O–H groups in total. The highest BCUT2D eigenvalue weighted by molar-refractivity contribution is 7.99. The fourth-order valence-electron chi connectivity index (χ4n) is 1.75. The molecule has 0 saturated heterocycles. The number of carbonyl (C=O) groups is 1. The number of carbonyl (C=O) groups excluding carboxylic acids is 1. The van der Waals surface area contributed by atoms with Crippen LogP contribution in [-0.2, 0) is 4.79 Å². The summed E-state index contributed by atoms with van der Waals surface area (Å²) in [5.41, 5.74) is 7.84. The smallest absolute Gasteiger partial charge is 0.121 e. The Morgan fingerprint density at radius 1 is 1.06 bits per heavy atom. The number of thioether (sulfide) groups is 1. The maximum Gasteiger partial charge on any atom is 0.121 e. The number of para-hydroxylation sites is 1. The first-order chi connectivity index (χ1) is 8.81. The highest BCUT2D eigenvalue weighted by Gasteiger charge is 2.13. The first-order valence-corrected chi connectivity index (χ1v) is 6.69. The van der Waals surface area contributed by atoms with Gasteiger partial charge in [0.25, 0.3) is 0 Å². The standard InChI is InChI=1S/C15H15NOS/c16-13-8-4-5-9-15(13)18-14(10-11-17)12-6-2-1-3-7-12/h1-9,11,14H,10,16H2. The number of rotatable bonds is 5. The van der Waals surface area contributed by atoms with Crippen molar-refractivity contribution in [3.8, 4) is 0 Å². The molecule has 3 heteroatoms. The van der Waals surface area contributed by atoms with E-state index in [0.717, 1.165) is 22.4 Å². The third-order valence-electron chi connectivity index (χ3n) is 2.67. The molecule has 0 bridgehead atoms. The molecule has 0 aliphatic carbocycles. The van der Waals surface area contributed by atoms with Crippen LogP contribution in [0.5, 0.6) is 0 Å². The Balaban J connectivity index is 2.22. The average molecular weight is 257 g/mol. The van der Waals surface area contributed by atoms with Gasteiger partial charge in [-0.3, -0.25) is 0 Å². The van der Waals surface area contributed by atoms with Gasteiger partial charge >= 0.3 is 0 Å². The monoisotopic (exact) mass is 257 g/mol. The lowest BCUT2D eigenvalue weighted by atomic mass is 10.1. The topological polar surface area (TPSA) is 43.1 Å². The molecule has 0 fully saturated rings. The molecular weight excluding hydrogens is 242 g/mol. The second-order valence-corrected chi connectivity index (χ2v) is 5.20. The lowest BCUT2D eigenvalue weighted by molar-refractivity contribution is -0.107. The highest BCUT2D eigenvalue weighted by atomic mass is 32.2. The molecule has 1 unspecified atom stereocenters. The molecule has 0 aromatic heterocycles. The van der Waals surface area contributed by atoms with E-state index >= 15 is 0 Å². The van der Waals surface area contributed by atoms with E-state index in [1.165, 1.54) is 0 Å². The fraction of sp³-hybridized carbons (Fsp3) is 0.133. The minimum Gasteiger partial charge on any atom is -0.398 e. The summed E-state index contributed by atoms with van der Waals surface area (Å²) < 4.78 is 0. The van der Waals surface area contributed by atoms with Crippen molar-refractivity contribution in [2.45, 2.75) is 16.6 Å². The van der Waals surface area contributed by atoms with Crippen LogP contribution in [-0.4, -0.2) is 6.29 Å². The van der Waals surface area contributed by atoms with Crippen LogP contribution in [0.2, 0.25) is 0 Å². The molecule has 2 rings (SSSR count). The zero-order valence-corrected chi connectivity index (χ0v) is 10.8. The highest BCUT2D eigenvalue weighted by Crippen LogP contribution is 2.39. The van der Waals surface area contributed by atoms with Gasteiger partial charge in [0.05, 0.1) is 0 Å². The molecule has 0 radical (unpaired) electrons. The predicted molar refractivity (Wildman–Crippen MR) is 76.6 cm³/mol. The van der Waals surface area contributed by atoms with Crippen LogP contribution >= 0.6 is 11.8 Å². The van der Waals surface area contributed by atoms with Crippen molar-refractivity contribution < 1.29 is 4.79 Å². The zero-order chi connectivity index (χ0) is 12.8. The number of hydrogen-bond acceptors (Lipinski definition) is 3. The lowest BCUT2D eigenvalue weighted by Gasteiger charge is -2.15. The molecule has 2 nitrogen and oxygen atoms in total. The van der Waals surface area contributed by atoms with Gasteiger partial charge in [0.2, 0.25) is 0 Å². The van der Waals surface area contributed by atoms with E-state index in [-0.39, 0.29) is 5.25 Å². The number of aldehydes is 1. The van der Waals surface area contributed by atoms with Crippen molar-refractivity contribution in [1.29, 1.82) is 0 Å². The zero-order valence-electron chi connectivity index (χ0n) is 9.95. The summed E-state index contributed by atoms with van der Waals surface area (Å²) in [4.78, 5) is 11.8. The molecule has 0 aliphatic rings. The van der Waals surface area contributed by atoms with Crippen LogP contribution in [0.3, 0.4) is 0 Å². The van der Waals surface area contributed by atoms with Gasteiger partial charge in [-0.15, -0.1) is 11.8 Å². The van der Waals surface area contributed by atoms with Gasteiger partial charge in [-0.2, -0.15) is 0 Å². The average Bonchev–Trinajstić information content (AvgIpc) is 2.42. The first-order valence-electron chi connectivity index (χ1n) is 5.81. The second-order valence-electron chi connectivity index (χ2n) is 3.96. The van der Waals surface area contributed by atoms with E-state index in [4.69, 9.17) is 5.73 Å². The molecule has 18 heavy (non-hydrogen) atoms. The van der Waals surface area contributed by atoms with Gasteiger partial charge in [0, 0.05) is 22.3 Å². The maximum absolute atomic E-state index is 10.8. The van der Waals surface area contributed by atoms with Gasteiger partial charge < -0.3 is 10.5 Å². The molecule has 0 saturated carbocycles. The van der Waals surface area contributed by atoms with Crippen LogP contribution in [0.25, 0.3) is 0 Å². The van der Waals surface area contributed by atoms with Crippen LogP contribution in [0, 0.1) is 0 Å². The summed E-state index contributed by atoms with van der Waals surface area (Å²) in [5.74, 6) is 0. The fourth-order valence-corrected chi connectivity index (χ4v) is 2.88. The van der Waals surface area contributed by atoms with Crippen molar-refractivity contribution in [3.63, 3.8) is 0 Å². The SMILES string of the molecule is Nc1ccccc1SC(CC=O)c1ccccc1. The van der Waals surface area contributed by atoms with Crippen molar-refractivity contribution in [1.82, 2.24) is 0 Å². The Bertz CT molecular complexity index is 513. The third kappa shape index (κ3) is 3.14. The number of anilines is 1. The van der Waals surface area contributed by atoms with Gasteiger partial charge in [0.1, 0.15) is 6.29 Å². The van der Waals surface area contributed by atoms with Crippen LogP contribution in [0.1, 0.15) is 17.2 Å². The molecule has 0 spiro atoms. The molecule has 2 aromatic rings. The van der Waals surface area contributed by atoms with Gasteiger partial charge in [-0.25, -0.2) is 0 Å². The van der Waals surface area contributed by atoms with Gasteiger partial charge in [0.15, 0.2) is 0 Å². The van der Waals surface area contributed by atoms with Gasteiger partial charge in [-0.1, -0.05) is 42.5 Å². The van der Waals surface area contributed by atoms with Gasteiger partial charge in [-0.05, 0) is 17.7 Å². The summed E-state index contributed by atoms with van der Waals surface area (Å²) in [6.45, 7) is 0. The number of nitrogen functional groups attached to an aromatic ring is 1. The summed E-state index contributed by atoms with van der Waals surface area (Å²) in [6, 6.07) is 17.8. The van der Waals surface area contributed by atoms with Crippen molar-refractivity contribution >= 4 is 23.7 Å². The normalized spacial score (nSPS) is 12.0. The predicted octanol–water partition coefficient (Wildman–Crippen LogP) is 3.69. The second kappa shape index (κ2) is 6.26. The number of hydrogen-bond donors (Lipinski definition) is 1. The third-order valence-corrected chi connectivity index (χ3v) is 4.04. The summed E-state index contributed by atoms with van der Waals surface area (Å²) in [5, 5.41) is 0.119. The first kappa shape index (κ1) is 12.7. The minimum atomic E-state index is 0.119. The largest absolute Gasteiger partial charge is 0.398 e. The molecule has 0 amide bonds. The number of benzene rings is 2. The summed E-state index contributed by atoms with van der Waals surface area (Å²) in [7, 11) is 0. The Labute approximate surface area is 111 Å².